The zero-order valence-corrected chi connectivity index (χ0v) is 7.75. The van der Waals surface area contributed by atoms with Gasteiger partial charge in [-0.2, -0.15) is 5.10 Å². The van der Waals surface area contributed by atoms with Crippen LogP contribution in [-0.2, 0) is 13.6 Å². The van der Waals surface area contributed by atoms with Gasteiger partial charge in [0, 0.05) is 13.6 Å². The number of hydrogen-bond donors (Lipinski definition) is 0. The molecule has 1 fully saturated rings. The smallest absolute Gasteiger partial charge is 0.0597 e. The van der Waals surface area contributed by atoms with Crippen molar-refractivity contribution in [3.63, 3.8) is 0 Å². The van der Waals surface area contributed by atoms with E-state index in [4.69, 9.17) is 0 Å². The van der Waals surface area contributed by atoms with Crippen molar-refractivity contribution < 1.29 is 0 Å². The van der Waals surface area contributed by atoms with Crippen LogP contribution in [0.1, 0.15) is 17.8 Å². The molecule has 1 aromatic rings. The second kappa shape index (κ2) is 2.90. The molecule has 0 saturated carbocycles. The maximum atomic E-state index is 4.31. The van der Waals surface area contributed by atoms with Crippen LogP contribution in [0.25, 0.3) is 0 Å². The molecule has 0 aliphatic carbocycles. The molecule has 66 valence electrons. The molecular formula is C9H15N3. The monoisotopic (exact) mass is 165 g/mol. The maximum Gasteiger partial charge on any atom is 0.0597 e. The maximum absolute atomic E-state index is 4.31. The Morgan fingerprint density at radius 2 is 2.25 bits per heavy atom. The van der Waals surface area contributed by atoms with Crippen molar-refractivity contribution >= 4 is 0 Å². The first-order valence-electron chi connectivity index (χ1n) is 4.47. The van der Waals surface area contributed by atoms with Gasteiger partial charge < -0.3 is 0 Å². The molecule has 0 N–H and O–H groups in total. The minimum Gasteiger partial charge on any atom is -0.297 e. The summed E-state index contributed by atoms with van der Waals surface area (Å²) in [5.41, 5.74) is 2.44. The molecule has 0 atom stereocenters. The third-order valence-corrected chi connectivity index (χ3v) is 2.43. The Balaban J connectivity index is 2.05. The van der Waals surface area contributed by atoms with E-state index in [0.717, 1.165) is 12.2 Å². The summed E-state index contributed by atoms with van der Waals surface area (Å²) in [5, 5.41) is 4.31. The number of nitrogens with zero attached hydrogens (tertiary/aromatic N) is 3. The molecule has 0 radical (unpaired) electrons. The molecule has 2 heterocycles. The first-order valence-corrected chi connectivity index (χ1v) is 4.47. The topological polar surface area (TPSA) is 21.1 Å². The van der Waals surface area contributed by atoms with Gasteiger partial charge in [-0.25, -0.2) is 0 Å². The number of aryl methyl sites for hydroxylation is 2. The molecule has 0 aromatic carbocycles. The highest BCUT2D eigenvalue weighted by atomic mass is 15.3. The van der Waals surface area contributed by atoms with Gasteiger partial charge in [0.05, 0.1) is 11.4 Å². The fourth-order valence-corrected chi connectivity index (χ4v) is 1.58. The summed E-state index contributed by atoms with van der Waals surface area (Å²) >= 11 is 0. The Kier molecular flexibility index (Phi) is 1.89. The number of rotatable bonds is 2. The van der Waals surface area contributed by atoms with Crippen LogP contribution >= 0.6 is 0 Å². The third-order valence-electron chi connectivity index (χ3n) is 2.43. The first-order chi connectivity index (χ1) is 5.75. The van der Waals surface area contributed by atoms with Crippen LogP contribution in [-0.4, -0.2) is 27.8 Å². The highest BCUT2D eigenvalue weighted by Gasteiger charge is 2.15. The molecule has 3 nitrogen and oxygen atoms in total. The summed E-state index contributed by atoms with van der Waals surface area (Å²) in [6, 6.07) is 2.16. The van der Waals surface area contributed by atoms with Crippen molar-refractivity contribution in [2.45, 2.75) is 19.9 Å². The average molecular weight is 165 g/mol. The lowest BCUT2D eigenvalue weighted by Gasteiger charge is -2.30. The molecule has 2 rings (SSSR count). The van der Waals surface area contributed by atoms with Crippen LogP contribution in [0.15, 0.2) is 6.07 Å². The van der Waals surface area contributed by atoms with E-state index >= 15 is 0 Å². The van der Waals surface area contributed by atoms with Crippen LogP contribution in [0.5, 0.6) is 0 Å². The van der Waals surface area contributed by atoms with E-state index in [9.17, 15) is 0 Å². The third kappa shape index (κ3) is 1.37. The number of likely N-dealkylation sites (tertiary alicyclic amines) is 1. The Morgan fingerprint density at radius 3 is 2.67 bits per heavy atom. The van der Waals surface area contributed by atoms with Crippen LogP contribution in [0.4, 0.5) is 0 Å². The van der Waals surface area contributed by atoms with Gasteiger partial charge in [0.1, 0.15) is 0 Å². The largest absolute Gasteiger partial charge is 0.297 e. The first kappa shape index (κ1) is 7.80. The normalized spacial score (nSPS) is 17.8. The highest BCUT2D eigenvalue weighted by molar-refractivity contribution is 5.08. The van der Waals surface area contributed by atoms with Crippen molar-refractivity contribution in [1.82, 2.24) is 14.7 Å². The van der Waals surface area contributed by atoms with E-state index in [1.54, 1.807) is 0 Å². The molecule has 1 aromatic heterocycles. The molecule has 0 spiro atoms. The van der Waals surface area contributed by atoms with E-state index in [2.05, 4.69) is 16.1 Å². The SMILES string of the molecule is Cc1cc(CN2CCC2)n(C)n1. The molecule has 3 heteroatoms. The average Bonchev–Trinajstić information content (AvgIpc) is 2.21. The summed E-state index contributed by atoms with van der Waals surface area (Å²) in [5.74, 6) is 0. The van der Waals surface area contributed by atoms with Gasteiger partial charge in [-0.3, -0.25) is 9.58 Å². The van der Waals surface area contributed by atoms with Gasteiger partial charge in [0.2, 0.25) is 0 Å². The standard InChI is InChI=1S/C9H15N3/c1-8-6-9(11(2)10-8)7-12-4-3-5-12/h6H,3-5,7H2,1-2H3. The highest BCUT2D eigenvalue weighted by Crippen LogP contribution is 2.12. The van der Waals surface area contributed by atoms with Crippen molar-refractivity contribution in [2.75, 3.05) is 13.1 Å². The van der Waals surface area contributed by atoms with Crippen molar-refractivity contribution in [3.8, 4) is 0 Å². The molecule has 0 amide bonds. The Hall–Kier alpha value is -0.830. The lowest BCUT2D eigenvalue weighted by Crippen LogP contribution is -2.36. The van der Waals surface area contributed by atoms with Gasteiger partial charge in [-0.15, -0.1) is 0 Å². The van der Waals surface area contributed by atoms with Crippen LogP contribution in [0.3, 0.4) is 0 Å². The Labute approximate surface area is 73.0 Å². The molecule has 12 heavy (non-hydrogen) atoms. The quantitative estimate of drug-likeness (QED) is 0.650. The summed E-state index contributed by atoms with van der Waals surface area (Å²) in [6.45, 7) is 5.62. The van der Waals surface area contributed by atoms with Crippen LogP contribution < -0.4 is 0 Å². The zero-order chi connectivity index (χ0) is 8.55. The van der Waals surface area contributed by atoms with E-state index < -0.39 is 0 Å². The molecule has 1 aliphatic heterocycles. The second-order valence-electron chi connectivity index (χ2n) is 3.53. The van der Waals surface area contributed by atoms with Crippen molar-refractivity contribution in [3.05, 3.63) is 17.5 Å². The van der Waals surface area contributed by atoms with Gasteiger partial charge >= 0.3 is 0 Å². The Morgan fingerprint density at radius 1 is 1.50 bits per heavy atom. The van der Waals surface area contributed by atoms with Crippen molar-refractivity contribution in [2.24, 2.45) is 7.05 Å². The minimum atomic E-state index is 1.07. The zero-order valence-electron chi connectivity index (χ0n) is 7.75. The Bertz CT molecular complexity index is 273. The van der Waals surface area contributed by atoms with Gasteiger partial charge in [0.25, 0.3) is 0 Å². The molecule has 1 saturated heterocycles. The fourth-order valence-electron chi connectivity index (χ4n) is 1.58. The van der Waals surface area contributed by atoms with E-state index in [1.165, 1.54) is 25.2 Å². The lowest BCUT2D eigenvalue weighted by atomic mass is 10.2. The minimum absolute atomic E-state index is 1.07. The van der Waals surface area contributed by atoms with Crippen LogP contribution in [0, 0.1) is 6.92 Å². The summed E-state index contributed by atoms with van der Waals surface area (Å²) in [6.07, 6.45) is 1.36. The lowest BCUT2D eigenvalue weighted by molar-refractivity contribution is 0.168. The van der Waals surface area contributed by atoms with E-state index in [-0.39, 0.29) is 0 Å². The van der Waals surface area contributed by atoms with Crippen molar-refractivity contribution in [1.29, 1.82) is 0 Å². The fraction of sp³-hybridized carbons (Fsp3) is 0.667. The number of hydrogen-bond acceptors (Lipinski definition) is 2. The van der Waals surface area contributed by atoms with Gasteiger partial charge in [0.15, 0.2) is 0 Å². The molecule has 0 unspecified atom stereocenters. The molecular weight excluding hydrogens is 150 g/mol. The van der Waals surface area contributed by atoms with E-state index in [0.29, 0.717) is 0 Å². The van der Waals surface area contributed by atoms with Crippen LogP contribution in [0.2, 0.25) is 0 Å². The van der Waals surface area contributed by atoms with Gasteiger partial charge in [-0.1, -0.05) is 0 Å². The predicted octanol–water partition coefficient (Wildman–Crippen LogP) is 0.934. The second-order valence-corrected chi connectivity index (χ2v) is 3.53. The van der Waals surface area contributed by atoms with E-state index in [1.807, 2.05) is 18.7 Å². The number of aromatic nitrogens is 2. The summed E-state index contributed by atoms with van der Waals surface area (Å²) in [4.78, 5) is 2.44. The summed E-state index contributed by atoms with van der Waals surface area (Å²) < 4.78 is 1.98. The molecule has 0 bridgehead atoms. The summed E-state index contributed by atoms with van der Waals surface area (Å²) in [7, 11) is 2.02. The molecule has 1 aliphatic rings. The van der Waals surface area contributed by atoms with Gasteiger partial charge in [-0.05, 0) is 32.5 Å². The predicted molar refractivity (Wildman–Crippen MR) is 47.8 cm³/mol.